The summed E-state index contributed by atoms with van der Waals surface area (Å²) in [5.74, 6) is 1.52. The first-order chi connectivity index (χ1) is 27.0. The van der Waals surface area contributed by atoms with Crippen LogP contribution in [0.1, 0.15) is 64.1 Å². The average Bonchev–Trinajstić information content (AvgIpc) is 3.71. The molecule has 304 valence electrons. The maximum Gasteiger partial charge on any atom is 0.426 e. The Balaban J connectivity index is 1.19. The molecule has 1 N–H and O–H groups in total. The SMILES string of the molecule is C#Cc1c(F)ccc2cccc(-c3nc4c5c(nc(OC[C@@]67CCCN6[C@H](COC(C)(C(F)(F)F)C(F)(F)F)CC7)nc5c3F)N3C[C@@H](CC)NC[C@@H]3[C@@H](C)C4)c12. The molecule has 8 nitrogen and oxygen atoms in total. The van der Waals surface area contributed by atoms with Crippen LogP contribution in [-0.2, 0) is 11.2 Å². The number of piperazine rings is 1. The lowest BCUT2D eigenvalue weighted by Gasteiger charge is -2.42. The zero-order chi connectivity index (χ0) is 40.7. The first-order valence-electron chi connectivity index (χ1n) is 19.3. The molecule has 5 atom stereocenters. The molecule has 0 bridgehead atoms. The van der Waals surface area contributed by atoms with Crippen LogP contribution in [0.15, 0.2) is 30.3 Å². The fourth-order valence-corrected chi connectivity index (χ4v) is 9.37. The number of hydrogen-bond acceptors (Lipinski definition) is 8. The van der Waals surface area contributed by atoms with Crippen LogP contribution in [0.4, 0.5) is 40.9 Å². The summed E-state index contributed by atoms with van der Waals surface area (Å²) in [6.45, 7) is 5.00. The largest absolute Gasteiger partial charge is 0.461 e. The second kappa shape index (κ2) is 14.2. The molecular formula is C41H42F8N6O2. The van der Waals surface area contributed by atoms with E-state index in [-0.39, 0.29) is 60.7 Å². The number of pyridine rings is 1. The van der Waals surface area contributed by atoms with Crippen molar-refractivity contribution in [1.82, 2.24) is 25.2 Å². The van der Waals surface area contributed by atoms with Crippen molar-refractivity contribution < 1.29 is 44.6 Å². The lowest BCUT2D eigenvalue weighted by Crippen LogP contribution is -2.58. The van der Waals surface area contributed by atoms with Crippen molar-refractivity contribution >= 4 is 27.5 Å². The lowest BCUT2D eigenvalue weighted by atomic mass is 9.93. The number of alkyl halides is 6. The van der Waals surface area contributed by atoms with E-state index in [0.29, 0.717) is 78.6 Å². The molecule has 0 aliphatic carbocycles. The van der Waals surface area contributed by atoms with Gasteiger partial charge in [-0.05, 0) is 69.4 Å². The third-order valence-electron chi connectivity index (χ3n) is 12.7. The molecule has 4 aromatic rings. The summed E-state index contributed by atoms with van der Waals surface area (Å²) in [6, 6.07) is 7.19. The summed E-state index contributed by atoms with van der Waals surface area (Å²) in [5, 5.41) is 4.99. The summed E-state index contributed by atoms with van der Waals surface area (Å²) >= 11 is 0. The average molecular weight is 803 g/mol. The molecule has 16 heteroatoms. The van der Waals surface area contributed by atoms with Crippen LogP contribution in [0.5, 0.6) is 6.01 Å². The van der Waals surface area contributed by atoms with E-state index in [9.17, 15) is 26.3 Å². The first kappa shape index (κ1) is 39.5. The van der Waals surface area contributed by atoms with Gasteiger partial charge in [0.1, 0.15) is 29.5 Å². The summed E-state index contributed by atoms with van der Waals surface area (Å²) < 4.78 is 125. The van der Waals surface area contributed by atoms with Gasteiger partial charge in [0.05, 0.1) is 28.8 Å². The highest BCUT2D eigenvalue weighted by Crippen LogP contribution is 2.48. The van der Waals surface area contributed by atoms with Crippen LogP contribution in [-0.4, -0.2) is 94.3 Å². The number of hydrogen-bond donors (Lipinski definition) is 1. The number of terminal acetylenes is 1. The summed E-state index contributed by atoms with van der Waals surface area (Å²) in [6.07, 6.45) is -2.36. The normalized spacial score (nSPS) is 25.4. The molecule has 6 heterocycles. The Morgan fingerprint density at radius 1 is 1.02 bits per heavy atom. The molecule has 3 saturated heterocycles. The van der Waals surface area contributed by atoms with Gasteiger partial charge in [-0.15, -0.1) is 6.42 Å². The Kier molecular flexibility index (Phi) is 9.84. The molecule has 0 unspecified atom stereocenters. The van der Waals surface area contributed by atoms with Crippen molar-refractivity contribution in [2.45, 2.75) is 101 Å². The monoisotopic (exact) mass is 802 g/mol. The third-order valence-corrected chi connectivity index (χ3v) is 12.7. The van der Waals surface area contributed by atoms with Gasteiger partial charge in [0.25, 0.3) is 5.60 Å². The predicted molar refractivity (Wildman–Crippen MR) is 198 cm³/mol. The van der Waals surface area contributed by atoms with Gasteiger partial charge >= 0.3 is 18.4 Å². The van der Waals surface area contributed by atoms with E-state index in [1.165, 1.54) is 6.07 Å². The Hall–Kier alpha value is -4.33. The van der Waals surface area contributed by atoms with Crippen molar-refractivity contribution in [3.05, 3.63) is 53.2 Å². The van der Waals surface area contributed by atoms with Crippen LogP contribution in [0.25, 0.3) is 32.9 Å². The second-order valence-electron chi connectivity index (χ2n) is 16.0. The molecule has 0 saturated carbocycles. The smallest absolute Gasteiger partial charge is 0.426 e. The van der Waals surface area contributed by atoms with Crippen molar-refractivity contribution in [3.8, 4) is 29.6 Å². The number of nitrogens with one attached hydrogen (secondary N) is 1. The summed E-state index contributed by atoms with van der Waals surface area (Å²) in [7, 11) is 0. The van der Waals surface area contributed by atoms with Gasteiger partial charge in [-0.3, -0.25) is 4.90 Å². The Morgan fingerprint density at radius 2 is 1.79 bits per heavy atom. The van der Waals surface area contributed by atoms with Gasteiger partial charge in [0, 0.05) is 42.2 Å². The topological polar surface area (TPSA) is 75.6 Å². The summed E-state index contributed by atoms with van der Waals surface area (Å²) in [4.78, 5) is 18.5. The maximum atomic E-state index is 17.3. The van der Waals surface area contributed by atoms with Gasteiger partial charge in [-0.1, -0.05) is 44.0 Å². The Morgan fingerprint density at radius 3 is 2.51 bits per heavy atom. The summed E-state index contributed by atoms with van der Waals surface area (Å²) in [5.41, 5.74) is -4.31. The molecular weight excluding hydrogens is 760 g/mol. The van der Waals surface area contributed by atoms with Crippen molar-refractivity contribution in [1.29, 1.82) is 0 Å². The van der Waals surface area contributed by atoms with Crippen LogP contribution >= 0.6 is 0 Å². The zero-order valence-electron chi connectivity index (χ0n) is 31.6. The minimum absolute atomic E-state index is 0.0124. The van der Waals surface area contributed by atoms with E-state index in [2.05, 4.69) is 35.0 Å². The van der Waals surface area contributed by atoms with Gasteiger partial charge < -0.3 is 19.7 Å². The maximum absolute atomic E-state index is 17.3. The van der Waals surface area contributed by atoms with Gasteiger partial charge in [0.2, 0.25) is 0 Å². The van der Waals surface area contributed by atoms with Crippen molar-refractivity contribution in [2.75, 3.05) is 37.7 Å². The van der Waals surface area contributed by atoms with Crippen molar-refractivity contribution in [3.63, 3.8) is 0 Å². The van der Waals surface area contributed by atoms with Gasteiger partial charge in [0.15, 0.2) is 5.82 Å². The van der Waals surface area contributed by atoms with Crippen molar-refractivity contribution in [2.24, 2.45) is 5.92 Å². The van der Waals surface area contributed by atoms with E-state index in [1.807, 2.05) is 4.90 Å². The number of fused-ring (bicyclic) bond motifs is 4. The molecule has 4 aliphatic heterocycles. The minimum Gasteiger partial charge on any atom is -0.461 e. The molecule has 2 aromatic carbocycles. The van der Waals surface area contributed by atoms with E-state index in [0.717, 1.165) is 6.42 Å². The molecule has 57 heavy (non-hydrogen) atoms. The Bertz CT molecular complexity index is 2250. The number of benzene rings is 2. The fourth-order valence-electron chi connectivity index (χ4n) is 9.37. The molecule has 8 rings (SSSR count). The molecule has 0 radical (unpaired) electrons. The second-order valence-corrected chi connectivity index (χ2v) is 16.0. The molecule has 0 amide bonds. The molecule has 2 aromatic heterocycles. The van der Waals surface area contributed by atoms with E-state index in [4.69, 9.17) is 25.9 Å². The van der Waals surface area contributed by atoms with Gasteiger partial charge in [-0.2, -0.15) is 36.3 Å². The van der Waals surface area contributed by atoms with E-state index >= 15 is 8.78 Å². The van der Waals surface area contributed by atoms with Crippen LogP contribution in [0.3, 0.4) is 0 Å². The number of anilines is 1. The standard InChI is InChI=1S/C41H42F8N6O2/c1-5-24-19-54-30(18-50-24)22(3)17-29-32-35(33(43)34(51-29)27-10-7-9-23-11-12-28(42)26(6-2)31(23)27)52-37(53-36(32)54)56-21-39-14-8-16-55(39)25(13-15-39)20-57-38(4,40(44,45)46)41(47,48)49/h2,7,9-12,22,24-25,30,50H,5,8,13-21H2,1,3-4H3/t22-,24+,25-,30+,39-/m0/s1. The van der Waals surface area contributed by atoms with Gasteiger partial charge in [-0.25, -0.2) is 13.8 Å². The number of halogens is 8. The zero-order valence-corrected chi connectivity index (χ0v) is 31.6. The highest BCUT2D eigenvalue weighted by atomic mass is 19.4. The van der Waals surface area contributed by atoms with Crippen LogP contribution in [0, 0.1) is 29.9 Å². The number of aromatic nitrogens is 3. The fraction of sp³-hybridized carbons (Fsp3) is 0.537. The number of ether oxygens (including phenoxy) is 2. The van der Waals surface area contributed by atoms with Crippen LogP contribution in [0.2, 0.25) is 0 Å². The first-order valence-corrected chi connectivity index (χ1v) is 19.3. The quantitative estimate of drug-likeness (QED) is 0.142. The van der Waals surface area contributed by atoms with E-state index < -0.39 is 47.8 Å². The Labute approximate surface area is 324 Å². The highest BCUT2D eigenvalue weighted by molar-refractivity contribution is 6.02. The molecule has 0 spiro atoms. The molecule has 4 aliphatic rings. The molecule has 3 fully saturated rings. The lowest BCUT2D eigenvalue weighted by molar-refractivity contribution is -0.375. The highest BCUT2D eigenvalue weighted by Gasteiger charge is 2.69. The number of nitrogens with zero attached hydrogens (tertiary/aromatic N) is 5. The minimum atomic E-state index is -5.67. The van der Waals surface area contributed by atoms with E-state index in [1.54, 1.807) is 24.3 Å². The van der Waals surface area contributed by atoms with Crippen LogP contribution < -0.4 is 15.0 Å². The predicted octanol–water partition coefficient (Wildman–Crippen LogP) is 8.13. The third kappa shape index (κ3) is 6.44. The number of rotatable bonds is 8.